The Kier molecular flexibility index (Phi) is 2.53. The topological polar surface area (TPSA) is 36.3 Å². The van der Waals surface area contributed by atoms with Gasteiger partial charge in [-0.2, -0.15) is 5.26 Å². The van der Waals surface area contributed by atoms with Gasteiger partial charge in [0.25, 0.3) is 0 Å². The van der Waals surface area contributed by atoms with E-state index >= 15 is 0 Å². The van der Waals surface area contributed by atoms with Crippen LogP contribution in [-0.4, -0.2) is 25.3 Å². The zero-order valence-electron chi connectivity index (χ0n) is 10.0. The van der Waals surface area contributed by atoms with Crippen molar-refractivity contribution in [2.75, 3.05) is 18.0 Å². The smallest absolute Gasteiger partial charge is 0.101 e. The second-order valence-electron chi connectivity index (χ2n) is 4.99. The van der Waals surface area contributed by atoms with Gasteiger partial charge in [0.1, 0.15) is 6.07 Å². The van der Waals surface area contributed by atoms with Gasteiger partial charge in [0, 0.05) is 13.1 Å². The van der Waals surface area contributed by atoms with Gasteiger partial charge in [-0.3, -0.25) is 0 Å². The summed E-state index contributed by atoms with van der Waals surface area (Å²) in [6, 6.07) is 8.41. The van der Waals surface area contributed by atoms with Gasteiger partial charge in [0.2, 0.25) is 0 Å². The summed E-state index contributed by atoms with van der Waals surface area (Å²) in [5.74, 6) is 0. The number of aryl methyl sites for hydroxylation is 1. The van der Waals surface area contributed by atoms with Crippen molar-refractivity contribution in [2.24, 2.45) is 0 Å². The molecule has 0 aromatic heterocycles. The minimum atomic E-state index is 0.363. The monoisotopic (exact) mass is 228 g/mol. The standard InChI is InChI=1S/C14H16N2O/c1-10-2-5-14(11(6-10)7-15)16-8-12-3-4-13(9-16)17-12/h2,5-6,12-13H,3-4,8-9H2,1H3. The highest BCUT2D eigenvalue weighted by molar-refractivity contribution is 5.60. The number of anilines is 1. The van der Waals surface area contributed by atoms with Crippen LogP contribution in [0.25, 0.3) is 0 Å². The van der Waals surface area contributed by atoms with E-state index in [1.807, 2.05) is 13.0 Å². The maximum Gasteiger partial charge on any atom is 0.101 e. The number of morpholine rings is 1. The minimum absolute atomic E-state index is 0.363. The molecule has 17 heavy (non-hydrogen) atoms. The van der Waals surface area contributed by atoms with E-state index in [0.29, 0.717) is 12.2 Å². The number of rotatable bonds is 1. The number of fused-ring (bicyclic) bond motifs is 2. The molecule has 0 saturated carbocycles. The number of nitriles is 1. The second-order valence-corrected chi connectivity index (χ2v) is 4.99. The maximum absolute atomic E-state index is 9.21. The molecule has 2 atom stereocenters. The van der Waals surface area contributed by atoms with Crippen molar-refractivity contribution < 1.29 is 4.74 Å². The largest absolute Gasteiger partial charge is 0.371 e. The van der Waals surface area contributed by atoms with Gasteiger partial charge < -0.3 is 9.64 Å². The Morgan fingerprint density at radius 3 is 2.65 bits per heavy atom. The first kappa shape index (κ1) is 10.6. The molecule has 2 unspecified atom stereocenters. The normalized spacial score (nSPS) is 26.9. The predicted octanol–water partition coefficient (Wildman–Crippen LogP) is 2.23. The highest BCUT2D eigenvalue weighted by Crippen LogP contribution is 2.31. The average molecular weight is 228 g/mol. The quantitative estimate of drug-likeness (QED) is 0.739. The molecular weight excluding hydrogens is 212 g/mol. The lowest BCUT2D eigenvalue weighted by atomic mass is 10.1. The molecule has 0 amide bonds. The third-order valence-corrected chi connectivity index (χ3v) is 3.66. The van der Waals surface area contributed by atoms with Crippen molar-refractivity contribution >= 4 is 5.69 Å². The summed E-state index contributed by atoms with van der Waals surface area (Å²) in [5, 5.41) is 9.21. The van der Waals surface area contributed by atoms with E-state index in [2.05, 4.69) is 23.1 Å². The molecule has 3 heteroatoms. The van der Waals surface area contributed by atoms with E-state index in [0.717, 1.165) is 42.7 Å². The summed E-state index contributed by atoms with van der Waals surface area (Å²) in [6.45, 7) is 3.87. The van der Waals surface area contributed by atoms with E-state index in [-0.39, 0.29) is 0 Å². The molecule has 0 N–H and O–H groups in total. The molecule has 2 aliphatic rings. The van der Waals surface area contributed by atoms with Gasteiger partial charge in [0.15, 0.2) is 0 Å². The summed E-state index contributed by atoms with van der Waals surface area (Å²) in [7, 11) is 0. The van der Waals surface area contributed by atoms with Crippen LogP contribution < -0.4 is 4.90 Å². The molecule has 1 aromatic rings. The van der Waals surface area contributed by atoms with E-state index in [9.17, 15) is 5.26 Å². The third-order valence-electron chi connectivity index (χ3n) is 3.66. The highest BCUT2D eigenvalue weighted by atomic mass is 16.5. The minimum Gasteiger partial charge on any atom is -0.371 e. The lowest BCUT2D eigenvalue weighted by molar-refractivity contribution is 0.0305. The van der Waals surface area contributed by atoms with Crippen LogP contribution in [0, 0.1) is 18.3 Å². The second kappa shape index (κ2) is 4.05. The van der Waals surface area contributed by atoms with Gasteiger partial charge in [-0.15, -0.1) is 0 Å². The lowest BCUT2D eigenvalue weighted by Gasteiger charge is -2.34. The van der Waals surface area contributed by atoms with Crippen molar-refractivity contribution in [3.8, 4) is 6.07 Å². The Balaban J connectivity index is 1.92. The molecule has 0 radical (unpaired) electrons. The molecule has 2 heterocycles. The molecule has 0 aliphatic carbocycles. The fourth-order valence-corrected chi connectivity index (χ4v) is 2.83. The first-order valence-electron chi connectivity index (χ1n) is 6.17. The molecule has 88 valence electrons. The molecule has 3 rings (SSSR count). The Morgan fingerprint density at radius 1 is 1.29 bits per heavy atom. The summed E-state index contributed by atoms with van der Waals surface area (Å²) in [4.78, 5) is 2.31. The number of nitrogens with zero attached hydrogens (tertiary/aromatic N) is 2. The molecule has 3 nitrogen and oxygen atoms in total. The van der Waals surface area contributed by atoms with Gasteiger partial charge in [-0.05, 0) is 37.5 Å². The molecule has 2 aliphatic heterocycles. The lowest BCUT2D eigenvalue weighted by Crippen LogP contribution is -2.42. The maximum atomic E-state index is 9.21. The first-order chi connectivity index (χ1) is 8.26. The fourth-order valence-electron chi connectivity index (χ4n) is 2.83. The van der Waals surface area contributed by atoms with E-state index in [4.69, 9.17) is 4.74 Å². The zero-order chi connectivity index (χ0) is 11.8. The van der Waals surface area contributed by atoms with Gasteiger partial charge >= 0.3 is 0 Å². The van der Waals surface area contributed by atoms with Crippen LogP contribution in [0.5, 0.6) is 0 Å². The number of hydrogen-bond donors (Lipinski definition) is 0. The van der Waals surface area contributed by atoms with Crippen molar-refractivity contribution in [1.82, 2.24) is 0 Å². The van der Waals surface area contributed by atoms with Gasteiger partial charge in [0.05, 0.1) is 23.5 Å². The van der Waals surface area contributed by atoms with E-state index in [1.165, 1.54) is 0 Å². The Morgan fingerprint density at radius 2 is 2.00 bits per heavy atom. The highest BCUT2D eigenvalue weighted by Gasteiger charge is 2.34. The van der Waals surface area contributed by atoms with Crippen LogP contribution in [0.15, 0.2) is 18.2 Å². The van der Waals surface area contributed by atoms with Crippen LogP contribution in [0.4, 0.5) is 5.69 Å². The molecular formula is C14H16N2O. The SMILES string of the molecule is Cc1ccc(N2CC3CCC(C2)O3)c(C#N)c1. The molecule has 2 fully saturated rings. The first-order valence-corrected chi connectivity index (χ1v) is 6.17. The average Bonchev–Trinajstić information content (AvgIpc) is 2.68. The molecule has 0 spiro atoms. The van der Waals surface area contributed by atoms with Crippen molar-refractivity contribution in [3.63, 3.8) is 0 Å². The van der Waals surface area contributed by atoms with Crippen LogP contribution in [-0.2, 0) is 4.74 Å². The predicted molar refractivity (Wildman–Crippen MR) is 66.0 cm³/mol. The third kappa shape index (κ3) is 1.89. The summed E-state index contributed by atoms with van der Waals surface area (Å²) < 4.78 is 5.82. The van der Waals surface area contributed by atoms with E-state index in [1.54, 1.807) is 0 Å². The molecule has 2 bridgehead atoms. The summed E-state index contributed by atoms with van der Waals surface area (Å²) in [6.07, 6.45) is 3.05. The van der Waals surface area contributed by atoms with Gasteiger partial charge in [-0.1, -0.05) is 6.07 Å². The summed E-state index contributed by atoms with van der Waals surface area (Å²) >= 11 is 0. The zero-order valence-corrected chi connectivity index (χ0v) is 10.0. The Labute approximate surface area is 102 Å². The number of ether oxygens (including phenoxy) is 1. The Bertz CT molecular complexity index is 466. The summed E-state index contributed by atoms with van der Waals surface area (Å²) in [5.41, 5.74) is 2.99. The van der Waals surface area contributed by atoms with Gasteiger partial charge in [-0.25, -0.2) is 0 Å². The Hall–Kier alpha value is -1.53. The van der Waals surface area contributed by atoms with E-state index < -0.39 is 0 Å². The number of hydrogen-bond acceptors (Lipinski definition) is 3. The van der Waals surface area contributed by atoms with Crippen LogP contribution in [0.2, 0.25) is 0 Å². The fraction of sp³-hybridized carbons (Fsp3) is 0.500. The van der Waals surface area contributed by atoms with Crippen molar-refractivity contribution in [2.45, 2.75) is 32.0 Å². The van der Waals surface area contributed by atoms with Crippen LogP contribution in [0.3, 0.4) is 0 Å². The van der Waals surface area contributed by atoms with Crippen molar-refractivity contribution in [1.29, 1.82) is 5.26 Å². The molecule has 1 aromatic carbocycles. The molecule has 2 saturated heterocycles. The van der Waals surface area contributed by atoms with Crippen molar-refractivity contribution in [3.05, 3.63) is 29.3 Å². The van der Waals surface area contributed by atoms with Crippen LogP contribution >= 0.6 is 0 Å². The van der Waals surface area contributed by atoms with Crippen LogP contribution in [0.1, 0.15) is 24.0 Å². The number of benzene rings is 1.